The monoisotopic (exact) mass is 269 g/mol. The Bertz CT molecular complexity index is 358. The molecular weight excluding hydrogens is 242 g/mol. The van der Waals surface area contributed by atoms with Crippen molar-refractivity contribution in [2.75, 3.05) is 6.61 Å². The van der Waals surface area contributed by atoms with Crippen molar-refractivity contribution in [2.45, 2.75) is 72.8 Å². The molecule has 1 heterocycles. The van der Waals surface area contributed by atoms with E-state index < -0.39 is 11.3 Å². The molecule has 0 bridgehead atoms. The molecule has 1 unspecified atom stereocenters. The van der Waals surface area contributed by atoms with Gasteiger partial charge in [0.2, 0.25) is 0 Å². The van der Waals surface area contributed by atoms with E-state index >= 15 is 0 Å². The largest absolute Gasteiger partial charge is 0.444 e. The Morgan fingerprint density at radius 3 is 2.32 bits per heavy atom. The van der Waals surface area contributed by atoms with Gasteiger partial charge in [-0.1, -0.05) is 19.8 Å². The average Bonchev–Trinajstić information content (AvgIpc) is 2.55. The van der Waals surface area contributed by atoms with Crippen LogP contribution in [0.2, 0.25) is 0 Å². The van der Waals surface area contributed by atoms with E-state index in [1.807, 2.05) is 48.5 Å². The molecule has 0 spiro atoms. The fourth-order valence-electron chi connectivity index (χ4n) is 1.73. The molecule has 1 aliphatic rings. The highest BCUT2D eigenvalue weighted by Crippen LogP contribution is 2.28. The first-order chi connectivity index (χ1) is 8.67. The number of rotatable bonds is 0. The number of carbonyl (C=O) groups is 1. The number of amides is 1. The van der Waals surface area contributed by atoms with Gasteiger partial charge in [-0.05, 0) is 41.5 Å². The normalized spacial score (nSPS) is 20.8. The van der Waals surface area contributed by atoms with Crippen molar-refractivity contribution in [3.05, 3.63) is 0 Å². The van der Waals surface area contributed by atoms with E-state index in [1.165, 1.54) is 0 Å². The Morgan fingerprint density at radius 1 is 1.37 bits per heavy atom. The fourth-order valence-corrected chi connectivity index (χ4v) is 1.73. The van der Waals surface area contributed by atoms with Crippen molar-refractivity contribution in [3.8, 4) is 11.8 Å². The third-order valence-electron chi connectivity index (χ3n) is 2.39. The summed E-state index contributed by atoms with van der Waals surface area (Å²) in [5.41, 5.74) is -1.18. The van der Waals surface area contributed by atoms with E-state index in [-0.39, 0.29) is 12.1 Å². The molecule has 110 valence electrons. The summed E-state index contributed by atoms with van der Waals surface area (Å²) in [5, 5.41) is 0. The molecule has 1 rings (SSSR count). The number of ether oxygens (including phenoxy) is 2. The van der Waals surface area contributed by atoms with Gasteiger partial charge >= 0.3 is 6.09 Å². The van der Waals surface area contributed by atoms with Crippen LogP contribution in [0.3, 0.4) is 0 Å². The van der Waals surface area contributed by atoms with Gasteiger partial charge in [0.1, 0.15) is 17.4 Å². The van der Waals surface area contributed by atoms with Crippen LogP contribution >= 0.6 is 0 Å². The summed E-state index contributed by atoms with van der Waals surface area (Å²) in [4.78, 5) is 13.7. The third kappa shape index (κ3) is 5.12. The smallest absolute Gasteiger partial charge is 0.413 e. The predicted molar refractivity (Wildman–Crippen MR) is 76.7 cm³/mol. The van der Waals surface area contributed by atoms with Crippen LogP contribution < -0.4 is 0 Å². The first-order valence-electron chi connectivity index (χ1n) is 6.76. The lowest BCUT2D eigenvalue weighted by molar-refractivity contribution is -0.0608. The minimum absolute atomic E-state index is 0.232. The van der Waals surface area contributed by atoms with Gasteiger partial charge in [0, 0.05) is 0 Å². The van der Waals surface area contributed by atoms with Crippen molar-refractivity contribution in [2.24, 2.45) is 0 Å². The second-order valence-corrected chi connectivity index (χ2v) is 5.52. The first kappa shape index (κ1) is 17.8. The van der Waals surface area contributed by atoms with Crippen LogP contribution in [0, 0.1) is 11.8 Å². The Labute approximate surface area is 117 Å². The summed E-state index contributed by atoms with van der Waals surface area (Å²) < 4.78 is 10.9. The van der Waals surface area contributed by atoms with Crippen LogP contribution in [-0.2, 0) is 9.47 Å². The Balaban J connectivity index is 0.00000154. The Morgan fingerprint density at radius 2 is 1.89 bits per heavy atom. The molecule has 0 aromatic carbocycles. The molecule has 0 aromatic heterocycles. The molecule has 1 fully saturated rings. The molecular formula is C15H27NO3. The number of hydrogen-bond acceptors (Lipinski definition) is 3. The molecule has 4 heteroatoms. The molecule has 0 N–H and O–H groups in total. The zero-order valence-corrected chi connectivity index (χ0v) is 13.5. The number of carbonyl (C=O) groups excluding carboxylic acids is 1. The lowest BCUT2D eigenvalue weighted by Gasteiger charge is -2.33. The first-order valence-corrected chi connectivity index (χ1v) is 6.76. The van der Waals surface area contributed by atoms with Crippen LogP contribution in [0.1, 0.15) is 55.4 Å². The maximum absolute atomic E-state index is 12.1. The summed E-state index contributed by atoms with van der Waals surface area (Å²) in [6.07, 6.45) is -0.382. The van der Waals surface area contributed by atoms with E-state index in [0.717, 1.165) is 0 Å². The van der Waals surface area contributed by atoms with Gasteiger partial charge < -0.3 is 9.47 Å². The molecule has 0 aliphatic carbocycles. The maximum atomic E-state index is 12.1. The zero-order valence-electron chi connectivity index (χ0n) is 13.5. The van der Waals surface area contributed by atoms with Gasteiger partial charge in [-0.3, -0.25) is 4.90 Å². The minimum atomic E-state index is -0.670. The minimum Gasteiger partial charge on any atom is -0.444 e. The van der Waals surface area contributed by atoms with Crippen molar-refractivity contribution in [1.29, 1.82) is 0 Å². The molecule has 0 aromatic rings. The molecule has 1 amide bonds. The molecule has 1 aliphatic heterocycles. The number of hydrogen-bond donors (Lipinski definition) is 0. The van der Waals surface area contributed by atoms with E-state index in [0.29, 0.717) is 6.61 Å². The van der Waals surface area contributed by atoms with E-state index in [9.17, 15) is 4.79 Å². The summed E-state index contributed by atoms with van der Waals surface area (Å²) in [5.74, 6) is 5.78. The van der Waals surface area contributed by atoms with Gasteiger partial charge in [0.05, 0.1) is 6.61 Å². The summed E-state index contributed by atoms with van der Waals surface area (Å²) >= 11 is 0. The molecule has 19 heavy (non-hydrogen) atoms. The number of nitrogens with zero attached hydrogens (tertiary/aromatic N) is 1. The molecule has 4 nitrogen and oxygen atoms in total. The van der Waals surface area contributed by atoms with Crippen molar-refractivity contribution >= 4 is 6.09 Å². The van der Waals surface area contributed by atoms with Crippen molar-refractivity contribution < 1.29 is 14.3 Å². The van der Waals surface area contributed by atoms with Crippen molar-refractivity contribution in [3.63, 3.8) is 0 Å². The van der Waals surface area contributed by atoms with Gasteiger partial charge in [-0.25, -0.2) is 4.79 Å². The van der Waals surface area contributed by atoms with Crippen LogP contribution in [-0.4, -0.2) is 35.0 Å². The van der Waals surface area contributed by atoms with Crippen LogP contribution in [0.4, 0.5) is 4.79 Å². The lowest BCUT2D eigenvalue weighted by Crippen LogP contribution is -2.49. The Hall–Kier alpha value is -1.21. The maximum Gasteiger partial charge on any atom is 0.413 e. The van der Waals surface area contributed by atoms with Gasteiger partial charge in [0.15, 0.2) is 0 Å². The van der Waals surface area contributed by atoms with Crippen LogP contribution in [0.5, 0.6) is 0 Å². The van der Waals surface area contributed by atoms with Gasteiger partial charge in [-0.15, -0.1) is 5.92 Å². The highest BCUT2D eigenvalue weighted by atomic mass is 16.6. The molecule has 0 radical (unpaired) electrons. The third-order valence-corrected chi connectivity index (χ3v) is 2.39. The topological polar surface area (TPSA) is 38.8 Å². The summed E-state index contributed by atoms with van der Waals surface area (Å²) in [6, 6.07) is -0.232. The van der Waals surface area contributed by atoms with Gasteiger partial charge in [-0.2, -0.15) is 0 Å². The second-order valence-electron chi connectivity index (χ2n) is 5.52. The lowest BCUT2D eigenvalue weighted by atomic mass is 10.2. The zero-order chi connectivity index (χ0) is 15.3. The summed E-state index contributed by atoms with van der Waals surface area (Å²) in [7, 11) is 0. The van der Waals surface area contributed by atoms with Crippen LogP contribution in [0.15, 0.2) is 0 Å². The SMILES string of the molecule is CC.CC#CC1COC(C)(C)N1C(=O)OC(C)(C)C. The molecule has 1 atom stereocenters. The highest BCUT2D eigenvalue weighted by Gasteiger charge is 2.45. The fraction of sp³-hybridized carbons (Fsp3) is 0.800. The standard InChI is InChI=1S/C13H21NO3.C2H6/c1-7-8-10-9-16-13(5,6)14(10)11(15)17-12(2,3)4;1-2/h10H,9H2,1-6H3;1-2H3. The van der Waals surface area contributed by atoms with E-state index in [1.54, 1.807) is 11.8 Å². The second kappa shape index (κ2) is 6.81. The van der Waals surface area contributed by atoms with E-state index in [2.05, 4.69) is 11.8 Å². The van der Waals surface area contributed by atoms with E-state index in [4.69, 9.17) is 9.47 Å². The quantitative estimate of drug-likeness (QED) is 0.633. The average molecular weight is 269 g/mol. The van der Waals surface area contributed by atoms with Gasteiger partial charge in [0.25, 0.3) is 0 Å². The molecule has 1 saturated heterocycles. The highest BCUT2D eigenvalue weighted by molar-refractivity contribution is 5.70. The molecule has 0 saturated carbocycles. The van der Waals surface area contributed by atoms with Crippen molar-refractivity contribution in [1.82, 2.24) is 4.90 Å². The predicted octanol–water partition coefficient (Wildman–Crippen LogP) is 3.41. The summed E-state index contributed by atoms with van der Waals surface area (Å²) in [6.45, 7) is 15.4. The Kier molecular flexibility index (Phi) is 6.38. The van der Waals surface area contributed by atoms with Crippen LogP contribution in [0.25, 0.3) is 0 Å².